The Morgan fingerprint density at radius 3 is 2.62 bits per heavy atom. The average Bonchev–Trinajstić information content (AvgIpc) is 2.40. The van der Waals surface area contributed by atoms with Crippen molar-refractivity contribution in [3.8, 4) is 11.5 Å². The van der Waals surface area contributed by atoms with Gasteiger partial charge in [-0.15, -0.1) is 0 Å². The summed E-state index contributed by atoms with van der Waals surface area (Å²) in [7, 11) is 0. The van der Waals surface area contributed by atoms with Gasteiger partial charge in [-0.2, -0.15) is 0 Å². The molecule has 0 fully saturated rings. The van der Waals surface area contributed by atoms with Gasteiger partial charge in [-0.1, -0.05) is 12.1 Å². The first kappa shape index (κ1) is 14.6. The maximum Gasteiger partial charge on any atom is 0.311 e. The van der Waals surface area contributed by atoms with Gasteiger partial charge >= 0.3 is 5.69 Å². The molecule has 0 aliphatic heterocycles. The Morgan fingerprint density at radius 2 is 2.00 bits per heavy atom. The number of nitro groups is 1. The second-order valence-electron chi connectivity index (χ2n) is 4.50. The highest BCUT2D eigenvalue weighted by molar-refractivity contribution is 5.97. The molecule has 0 radical (unpaired) electrons. The van der Waals surface area contributed by atoms with E-state index in [1.165, 1.54) is 31.2 Å². The Bertz CT molecular complexity index is 728. The number of hydrogen-bond acceptors (Lipinski definition) is 4. The molecule has 0 spiro atoms. The number of para-hydroxylation sites is 1. The van der Waals surface area contributed by atoms with Crippen LogP contribution in [0.3, 0.4) is 0 Å². The average molecular weight is 289 g/mol. The minimum atomic E-state index is -0.751. The van der Waals surface area contributed by atoms with E-state index in [2.05, 4.69) is 0 Å². The molecule has 0 saturated carbocycles. The molecule has 0 bridgehead atoms. The maximum atomic E-state index is 13.9. The summed E-state index contributed by atoms with van der Waals surface area (Å²) in [5.74, 6) is -1.55. The molecule has 2 aromatic rings. The van der Waals surface area contributed by atoms with Crippen LogP contribution in [0.4, 0.5) is 10.1 Å². The third-order valence-electron chi connectivity index (χ3n) is 2.87. The largest absolute Gasteiger partial charge is 0.446 e. The molecule has 6 heteroatoms. The van der Waals surface area contributed by atoms with Crippen LogP contribution in [0.1, 0.15) is 22.8 Å². The Balaban J connectivity index is 2.55. The van der Waals surface area contributed by atoms with Crippen molar-refractivity contribution in [1.29, 1.82) is 0 Å². The summed E-state index contributed by atoms with van der Waals surface area (Å²) in [6.07, 6.45) is 0. The molecular formula is C15H12FNO4. The van der Waals surface area contributed by atoms with Crippen molar-refractivity contribution in [3.63, 3.8) is 0 Å². The summed E-state index contributed by atoms with van der Waals surface area (Å²) in [5.41, 5.74) is 0.459. The van der Waals surface area contributed by atoms with Crippen LogP contribution in [0, 0.1) is 22.9 Å². The molecule has 0 amide bonds. The van der Waals surface area contributed by atoms with E-state index in [0.29, 0.717) is 0 Å². The molecular weight excluding hydrogens is 277 g/mol. The summed E-state index contributed by atoms with van der Waals surface area (Å²) in [5, 5.41) is 11.0. The van der Waals surface area contributed by atoms with E-state index in [1.54, 1.807) is 13.0 Å². The van der Waals surface area contributed by atoms with Crippen molar-refractivity contribution in [1.82, 2.24) is 0 Å². The number of Topliss-reactive ketones (excluding diaryl/α,β-unsaturated/α-hetero) is 1. The number of aryl methyl sites for hydroxylation is 1. The summed E-state index contributed by atoms with van der Waals surface area (Å²) < 4.78 is 19.2. The number of rotatable bonds is 4. The number of carbonyl (C=O) groups is 1. The summed E-state index contributed by atoms with van der Waals surface area (Å²) in [4.78, 5) is 21.9. The van der Waals surface area contributed by atoms with Crippen LogP contribution in [0.5, 0.6) is 11.5 Å². The van der Waals surface area contributed by atoms with E-state index in [0.717, 1.165) is 11.6 Å². The summed E-state index contributed by atoms with van der Waals surface area (Å²) in [6, 6.07) is 8.17. The lowest BCUT2D eigenvalue weighted by molar-refractivity contribution is -0.385. The summed E-state index contributed by atoms with van der Waals surface area (Å²) >= 11 is 0. The Kier molecular flexibility index (Phi) is 3.98. The van der Waals surface area contributed by atoms with Crippen LogP contribution in [0.25, 0.3) is 0 Å². The fourth-order valence-corrected chi connectivity index (χ4v) is 1.85. The van der Waals surface area contributed by atoms with Gasteiger partial charge in [-0.25, -0.2) is 4.39 Å². The standard InChI is InChI=1S/C15H12FNO4/c1-9-6-7-13(17(19)20)14(8-9)21-15-11(10(2)18)4-3-5-12(15)16/h3-8H,1-2H3. The number of halogens is 1. The van der Waals surface area contributed by atoms with Crippen molar-refractivity contribution in [3.05, 3.63) is 63.5 Å². The van der Waals surface area contributed by atoms with Crippen LogP contribution in [0.2, 0.25) is 0 Å². The normalized spacial score (nSPS) is 10.2. The molecule has 108 valence electrons. The molecule has 0 saturated heterocycles. The highest BCUT2D eigenvalue weighted by Crippen LogP contribution is 2.35. The predicted octanol–water partition coefficient (Wildman–Crippen LogP) is 4.04. The first-order valence-electron chi connectivity index (χ1n) is 6.12. The second-order valence-corrected chi connectivity index (χ2v) is 4.50. The molecule has 0 heterocycles. The third kappa shape index (κ3) is 3.05. The number of ether oxygens (including phenoxy) is 1. The van der Waals surface area contributed by atoms with Crippen molar-refractivity contribution < 1.29 is 18.8 Å². The molecule has 0 aliphatic carbocycles. The van der Waals surface area contributed by atoms with Crippen LogP contribution in [0.15, 0.2) is 36.4 Å². The minimum Gasteiger partial charge on any atom is -0.446 e. The number of ketones is 1. The molecule has 0 N–H and O–H groups in total. The van der Waals surface area contributed by atoms with Gasteiger partial charge in [0.25, 0.3) is 0 Å². The van der Waals surface area contributed by atoms with Crippen molar-refractivity contribution in [2.24, 2.45) is 0 Å². The first-order valence-corrected chi connectivity index (χ1v) is 6.12. The topological polar surface area (TPSA) is 69.4 Å². The molecule has 2 aromatic carbocycles. The Morgan fingerprint density at radius 1 is 1.29 bits per heavy atom. The molecule has 2 rings (SSSR count). The molecule has 21 heavy (non-hydrogen) atoms. The Labute approximate surface area is 120 Å². The quantitative estimate of drug-likeness (QED) is 0.484. The van der Waals surface area contributed by atoms with Crippen LogP contribution in [-0.2, 0) is 0 Å². The predicted molar refractivity (Wildman–Crippen MR) is 74.3 cm³/mol. The minimum absolute atomic E-state index is 0.0332. The van der Waals surface area contributed by atoms with Gasteiger partial charge in [0.2, 0.25) is 5.75 Å². The van der Waals surface area contributed by atoms with Crippen LogP contribution in [-0.4, -0.2) is 10.7 Å². The lowest BCUT2D eigenvalue weighted by atomic mass is 10.1. The zero-order chi connectivity index (χ0) is 15.6. The number of nitrogens with zero attached hydrogens (tertiary/aromatic N) is 1. The number of nitro benzene ring substituents is 1. The molecule has 5 nitrogen and oxygen atoms in total. The molecule has 0 atom stereocenters. The van der Waals surface area contributed by atoms with E-state index in [1.807, 2.05) is 0 Å². The van der Waals surface area contributed by atoms with Gasteiger partial charge in [-0.3, -0.25) is 14.9 Å². The number of carbonyl (C=O) groups excluding carboxylic acids is 1. The van der Waals surface area contributed by atoms with E-state index in [9.17, 15) is 19.3 Å². The van der Waals surface area contributed by atoms with Crippen LogP contribution < -0.4 is 4.74 Å². The van der Waals surface area contributed by atoms with Gasteiger partial charge in [0, 0.05) is 6.07 Å². The molecule has 0 unspecified atom stereocenters. The molecule has 0 aliphatic rings. The zero-order valence-electron chi connectivity index (χ0n) is 11.4. The van der Waals surface area contributed by atoms with E-state index < -0.39 is 10.7 Å². The third-order valence-corrected chi connectivity index (χ3v) is 2.87. The van der Waals surface area contributed by atoms with E-state index in [-0.39, 0.29) is 28.5 Å². The van der Waals surface area contributed by atoms with Gasteiger partial charge < -0.3 is 4.74 Å². The van der Waals surface area contributed by atoms with Gasteiger partial charge in [0.1, 0.15) is 0 Å². The number of hydrogen-bond donors (Lipinski definition) is 0. The number of benzene rings is 2. The van der Waals surface area contributed by atoms with E-state index >= 15 is 0 Å². The SMILES string of the molecule is CC(=O)c1cccc(F)c1Oc1cc(C)ccc1[N+](=O)[O-]. The first-order chi connectivity index (χ1) is 9.90. The van der Waals surface area contributed by atoms with E-state index in [4.69, 9.17) is 4.74 Å². The van der Waals surface area contributed by atoms with Crippen molar-refractivity contribution >= 4 is 11.5 Å². The summed E-state index contributed by atoms with van der Waals surface area (Å²) in [6.45, 7) is 3.00. The zero-order valence-corrected chi connectivity index (χ0v) is 11.4. The van der Waals surface area contributed by atoms with Gasteiger partial charge in [0.05, 0.1) is 10.5 Å². The van der Waals surface area contributed by atoms with Crippen molar-refractivity contribution in [2.45, 2.75) is 13.8 Å². The van der Waals surface area contributed by atoms with Crippen LogP contribution >= 0.6 is 0 Å². The smallest absolute Gasteiger partial charge is 0.311 e. The second kappa shape index (κ2) is 5.70. The van der Waals surface area contributed by atoms with Gasteiger partial charge in [0.15, 0.2) is 17.3 Å². The highest BCUT2D eigenvalue weighted by atomic mass is 19.1. The lowest BCUT2D eigenvalue weighted by Gasteiger charge is -2.11. The van der Waals surface area contributed by atoms with Gasteiger partial charge in [-0.05, 0) is 37.6 Å². The fourth-order valence-electron chi connectivity index (χ4n) is 1.85. The Hall–Kier alpha value is -2.76. The maximum absolute atomic E-state index is 13.9. The lowest BCUT2D eigenvalue weighted by Crippen LogP contribution is -2.01. The fraction of sp³-hybridized carbons (Fsp3) is 0.133. The van der Waals surface area contributed by atoms with Crippen molar-refractivity contribution in [2.75, 3.05) is 0 Å². The molecule has 0 aromatic heterocycles. The monoisotopic (exact) mass is 289 g/mol. The highest BCUT2D eigenvalue weighted by Gasteiger charge is 2.20.